The Morgan fingerprint density at radius 3 is 2.79 bits per heavy atom. The summed E-state index contributed by atoms with van der Waals surface area (Å²) in [5.41, 5.74) is -0.0640. The van der Waals surface area contributed by atoms with Crippen LogP contribution in [0, 0.1) is 16.7 Å². The van der Waals surface area contributed by atoms with Crippen LogP contribution in [0.3, 0.4) is 0 Å². The topological polar surface area (TPSA) is 75.9 Å². The standard InChI is InChI=1S/C18H17N3O2S/c1-17(2)11-18(23-3,9-12(10-19)15(17)22)14-6-4-5-13(21-14)16-20-7-8-24-16/h4-9H,11H2,1-3H3. The number of rotatable bonds is 3. The maximum absolute atomic E-state index is 12.4. The zero-order valence-corrected chi connectivity index (χ0v) is 14.6. The van der Waals surface area contributed by atoms with Gasteiger partial charge in [0.1, 0.15) is 16.7 Å². The van der Waals surface area contributed by atoms with Crippen molar-refractivity contribution in [1.82, 2.24) is 9.97 Å². The van der Waals surface area contributed by atoms with E-state index >= 15 is 0 Å². The molecule has 0 aromatic carbocycles. The number of allylic oxidation sites excluding steroid dienone is 1. The molecule has 0 aliphatic heterocycles. The number of ketones is 1. The lowest BCUT2D eigenvalue weighted by molar-refractivity contribution is -0.128. The molecule has 0 bridgehead atoms. The Morgan fingerprint density at radius 1 is 1.38 bits per heavy atom. The summed E-state index contributed by atoms with van der Waals surface area (Å²) in [6.07, 6.45) is 3.76. The average Bonchev–Trinajstić information content (AvgIpc) is 3.12. The maximum Gasteiger partial charge on any atom is 0.178 e. The van der Waals surface area contributed by atoms with Crippen molar-refractivity contribution in [3.63, 3.8) is 0 Å². The lowest BCUT2D eigenvalue weighted by Gasteiger charge is -2.39. The Balaban J connectivity index is 2.15. The minimum atomic E-state index is -0.907. The van der Waals surface area contributed by atoms with Gasteiger partial charge in [-0.25, -0.2) is 9.97 Å². The van der Waals surface area contributed by atoms with Crippen LogP contribution in [0.5, 0.6) is 0 Å². The van der Waals surface area contributed by atoms with Crippen LogP contribution in [0.1, 0.15) is 26.0 Å². The van der Waals surface area contributed by atoms with Gasteiger partial charge in [-0.1, -0.05) is 19.9 Å². The van der Waals surface area contributed by atoms with Gasteiger partial charge in [-0.2, -0.15) is 5.26 Å². The van der Waals surface area contributed by atoms with E-state index in [0.29, 0.717) is 12.1 Å². The van der Waals surface area contributed by atoms with Gasteiger partial charge >= 0.3 is 0 Å². The number of thiazole rings is 1. The molecule has 1 aliphatic rings. The molecule has 0 radical (unpaired) electrons. The summed E-state index contributed by atoms with van der Waals surface area (Å²) in [6, 6.07) is 7.64. The minimum absolute atomic E-state index is 0.120. The first-order chi connectivity index (χ1) is 11.4. The first-order valence-corrected chi connectivity index (χ1v) is 8.40. The first-order valence-electron chi connectivity index (χ1n) is 7.52. The van der Waals surface area contributed by atoms with E-state index in [4.69, 9.17) is 9.72 Å². The van der Waals surface area contributed by atoms with E-state index in [1.807, 2.05) is 43.5 Å². The van der Waals surface area contributed by atoms with Crippen molar-refractivity contribution < 1.29 is 9.53 Å². The molecule has 0 N–H and O–H groups in total. The quantitative estimate of drug-likeness (QED) is 0.855. The third kappa shape index (κ3) is 2.66. The molecule has 0 amide bonds. The van der Waals surface area contributed by atoms with Crippen LogP contribution >= 0.6 is 11.3 Å². The molecule has 1 atom stereocenters. The third-order valence-corrected chi connectivity index (χ3v) is 5.06. The van der Waals surface area contributed by atoms with E-state index in [0.717, 1.165) is 10.7 Å². The zero-order valence-electron chi connectivity index (χ0n) is 13.7. The van der Waals surface area contributed by atoms with Gasteiger partial charge in [0, 0.05) is 24.1 Å². The largest absolute Gasteiger partial charge is 0.368 e. The van der Waals surface area contributed by atoms with Crippen molar-refractivity contribution in [3.8, 4) is 16.8 Å². The molecular weight excluding hydrogens is 322 g/mol. The van der Waals surface area contributed by atoms with Crippen LogP contribution in [0.15, 0.2) is 41.4 Å². The fraction of sp³-hybridized carbons (Fsp3) is 0.333. The minimum Gasteiger partial charge on any atom is -0.368 e. The normalized spacial score (nSPS) is 22.8. The highest BCUT2D eigenvalue weighted by Crippen LogP contribution is 2.44. The van der Waals surface area contributed by atoms with Gasteiger partial charge in [-0.15, -0.1) is 11.3 Å². The van der Waals surface area contributed by atoms with E-state index in [1.165, 1.54) is 11.3 Å². The Kier molecular flexibility index (Phi) is 4.08. The predicted octanol–water partition coefficient (Wildman–Crippen LogP) is 3.50. The van der Waals surface area contributed by atoms with Crippen molar-refractivity contribution in [3.05, 3.63) is 47.1 Å². The highest BCUT2D eigenvalue weighted by atomic mass is 32.1. The number of nitriles is 1. The lowest BCUT2D eigenvalue weighted by Crippen LogP contribution is -2.42. The summed E-state index contributed by atoms with van der Waals surface area (Å²) < 4.78 is 5.79. The number of hydrogen-bond donors (Lipinski definition) is 0. The fourth-order valence-electron chi connectivity index (χ4n) is 3.07. The van der Waals surface area contributed by atoms with Crippen LogP contribution in [0.4, 0.5) is 0 Å². The van der Waals surface area contributed by atoms with Crippen molar-refractivity contribution in [2.45, 2.75) is 25.9 Å². The summed E-state index contributed by atoms with van der Waals surface area (Å²) >= 11 is 1.51. The average molecular weight is 339 g/mol. The molecule has 0 saturated heterocycles. The predicted molar refractivity (Wildman–Crippen MR) is 91.1 cm³/mol. The van der Waals surface area contributed by atoms with Gasteiger partial charge in [0.15, 0.2) is 5.78 Å². The molecule has 122 valence electrons. The van der Waals surface area contributed by atoms with E-state index in [-0.39, 0.29) is 11.4 Å². The molecule has 0 fully saturated rings. The van der Waals surface area contributed by atoms with E-state index in [2.05, 4.69) is 4.98 Å². The van der Waals surface area contributed by atoms with Crippen molar-refractivity contribution in [1.29, 1.82) is 5.26 Å². The Labute approximate surface area is 144 Å². The van der Waals surface area contributed by atoms with Gasteiger partial charge in [-0.05, 0) is 24.6 Å². The summed E-state index contributed by atoms with van der Waals surface area (Å²) in [4.78, 5) is 21.4. The Hall–Kier alpha value is -2.36. The number of aromatic nitrogens is 2. The number of carbonyl (C=O) groups excluding carboxylic acids is 1. The maximum atomic E-state index is 12.4. The summed E-state index contributed by atoms with van der Waals surface area (Å²) in [5, 5.41) is 12.1. The number of ether oxygens (including phenoxy) is 1. The molecular formula is C18H17N3O2S. The third-order valence-electron chi connectivity index (χ3n) is 4.26. The number of pyridine rings is 1. The van der Waals surface area contributed by atoms with Crippen LogP contribution in [0.2, 0.25) is 0 Å². The second-order valence-electron chi connectivity index (χ2n) is 6.40. The lowest BCUT2D eigenvalue weighted by atomic mass is 9.68. The number of Topliss-reactive ketones (excluding diaryl/α,β-unsaturated/α-hetero) is 1. The molecule has 1 aliphatic carbocycles. The Bertz CT molecular complexity index is 849. The number of carbonyl (C=O) groups is 1. The fourth-order valence-corrected chi connectivity index (χ4v) is 3.68. The van der Waals surface area contributed by atoms with Crippen molar-refractivity contribution >= 4 is 17.1 Å². The second kappa shape index (κ2) is 5.93. The van der Waals surface area contributed by atoms with E-state index < -0.39 is 11.0 Å². The van der Waals surface area contributed by atoms with Gasteiger partial charge < -0.3 is 4.74 Å². The van der Waals surface area contributed by atoms with Gasteiger partial charge in [0.05, 0.1) is 17.0 Å². The molecule has 2 heterocycles. The summed E-state index contributed by atoms with van der Waals surface area (Å²) in [5.74, 6) is -0.159. The second-order valence-corrected chi connectivity index (χ2v) is 7.29. The highest BCUT2D eigenvalue weighted by molar-refractivity contribution is 7.13. The van der Waals surface area contributed by atoms with Gasteiger partial charge in [-0.3, -0.25) is 4.79 Å². The van der Waals surface area contributed by atoms with Gasteiger partial charge in [0.2, 0.25) is 0 Å². The Morgan fingerprint density at radius 2 is 2.17 bits per heavy atom. The monoisotopic (exact) mass is 339 g/mol. The zero-order chi connectivity index (χ0) is 17.4. The van der Waals surface area contributed by atoms with Crippen molar-refractivity contribution in [2.75, 3.05) is 7.11 Å². The molecule has 5 nitrogen and oxygen atoms in total. The van der Waals surface area contributed by atoms with Crippen LogP contribution in [-0.2, 0) is 15.1 Å². The number of methoxy groups -OCH3 is 1. The molecule has 3 rings (SSSR count). The number of hydrogen-bond acceptors (Lipinski definition) is 6. The number of nitrogens with zero attached hydrogens (tertiary/aromatic N) is 3. The molecule has 6 heteroatoms. The highest BCUT2D eigenvalue weighted by Gasteiger charge is 2.47. The summed E-state index contributed by atoms with van der Waals surface area (Å²) in [6.45, 7) is 3.66. The van der Waals surface area contributed by atoms with E-state index in [1.54, 1.807) is 19.4 Å². The SMILES string of the molecule is COC1(c2cccc(-c3nccs3)n2)C=C(C#N)C(=O)C(C)(C)C1. The summed E-state index contributed by atoms with van der Waals surface area (Å²) in [7, 11) is 1.58. The van der Waals surface area contributed by atoms with Gasteiger partial charge in [0.25, 0.3) is 0 Å². The smallest absolute Gasteiger partial charge is 0.178 e. The molecule has 1 unspecified atom stereocenters. The molecule has 2 aromatic heterocycles. The van der Waals surface area contributed by atoms with Crippen LogP contribution in [-0.4, -0.2) is 22.9 Å². The van der Waals surface area contributed by atoms with Crippen molar-refractivity contribution in [2.24, 2.45) is 5.41 Å². The van der Waals surface area contributed by atoms with Crippen LogP contribution in [0.25, 0.3) is 10.7 Å². The molecule has 0 saturated carbocycles. The molecule has 24 heavy (non-hydrogen) atoms. The first kappa shape index (κ1) is 16.5. The molecule has 0 spiro atoms. The van der Waals surface area contributed by atoms with E-state index in [9.17, 15) is 10.1 Å². The van der Waals surface area contributed by atoms with Crippen LogP contribution < -0.4 is 0 Å². The molecule has 2 aromatic rings.